The summed E-state index contributed by atoms with van der Waals surface area (Å²) in [6.07, 6.45) is 0.682. The second kappa shape index (κ2) is 21.5. The summed E-state index contributed by atoms with van der Waals surface area (Å²) in [5, 5.41) is 17.2. The van der Waals surface area contributed by atoms with Crippen LogP contribution in [-0.4, -0.2) is 86.6 Å². The maximum absolute atomic E-state index is 14.0. The Kier molecular flexibility index (Phi) is 16.2. The van der Waals surface area contributed by atoms with E-state index >= 15 is 0 Å². The second-order valence-electron chi connectivity index (χ2n) is 12.3. The molecule has 0 radical (unpaired) electrons. The molecular weight excluding hydrogens is 718 g/mol. The predicted octanol–water partition coefficient (Wildman–Crippen LogP) is 5.78. The molecule has 0 unspecified atom stereocenters. The summed E-state index contributed by atoms with van der Waals surface area (Å²) in [4.78, 5) is 47.8. The number of hydrogen-bond acceptors (Lipinski definition) is 9. The van der Waals surface area contributed by atoms with E-state index in [2.05, 4.69) is 16.0 Å². The van der Waals surface area contributed by atoms with Gasteiger partial charge >= 0.3 is 18.2 Å². The van der Waals surface area contributed by atoms with Crippen molar-refractivity contribution in [1.82, 2.24) is 20.9 Å². The molecule has 3 amide bonds. The third-order valence-corrected chi connectivity index (χ3v) is 8.41. The smallest absolute Gasteiger partial charge is 0.407 e. The zero-order chi connectivity index (χ0) is 39.6. The van der Waals surface area contributed by atoms with E-state index in [1.165, 1.54) is 43.4 Å². The lowest BCUT2D eigenvalue weighted by molar-refractivity contribution is 0.0690. The molecule has 0 bridgehead atoms. The molecule has 4 aromatic rings. The van der Waals surface area contributed by atoms with Crippen LogP contribution in [0.4, 0.5) is 18.4 Å². The van der Waals surface area contributed by atoms with Crippen LogP contribution in [0.1, 0.15) is 44.7 Å². The molecule has 55 heavy (non-hydrogen) atoms. The van der Waals surface area contributed by atoms with E-state index in [1.807, 2.05) is 60.7 Å². The van der Waals surface area contributed by atoms with Gasteiger partial charge in [-0.15, -0.1) is 0 Å². The van der Waals surface area contributed by atoms with Gasteiger partial charge in [-0.1, -0.05) is 60.7 Å². The Bertz CT molecular complexity index is 1860. The number of benzene rings is 4. The Balaban J connectivity index is 0.000000203. The van der Waals surface area contributed by atoms with Crippen molar-refractivity contribution in [2.45, 2.75) is 38.1 Å². The molecule has 0 saturated carbocycles. The molecule has 4 N–H and O–H groups in total. The number of carbonyl (C=O) groups is 4. The van der Waals surface area contributed by atoms with Crippen LogP contribution in [0, 0.1) is 11.6 Å². The van der Waals surface area contributed by atoms with E-state index in [1.54, 1.807) is 0 Å². The molecule has 292 valence electrons. The van der Waals surface area contributed by atoms with Crippen molar-refractivity contribution in [2.75, 3.05) is 40.4 Å². The minimum absolute atomic E-state index is 0.0401. The highest BCUT2D eigenvalue weighted by Crippen LogP contribution is 2.21. The molecule has 4 aromatic carbocycles. The number of amides is 3. The molecule has 2 aliphatic rings. The number of nitrogens with one attached hydrogen (secondary N) is 3. The lowest BCUT2D eigenvalue weighted by atomic mass is 10.1. The van der Waals surface area contributed by atoms with Gasteiger partial charge in [-0.05, 0) is 66.9 Å². The molecule has 2 fully saturated rings. The Morgan fingerprint density at radius 3 is 1.73 bits per heavy atom. The van der Waals surface area contributed by atoms with Crippen LogP contribution >= 0.6 is 0 Å². The summed E-state index contributed by atoms with van der Waals surface area (Å²) in [6.45, 7) is 3.03. The van der Waals surface area contributed by atoms with Gasteiger partial charge in [0.2, 0.25) is 0 Å². The first-order valence-electron chi connectivity index (χ1n) is 17.4. The van der Waals surface area contributed by atoms with Crippen LogP contribution in [-0.2, 0) is 22.7 Å². The largest absolute Gasteiger partial charge is 0.497 e. The van der Waals surface area contributed by atoms with Crippen LogP contribution in [0.15, 0.2) is 97.1 Å². The van der Waals surface area contributed by atoms with Gasteiger partial charge in [-0.2, -0.15) is 0 Å². The van der Waals surface area contributed by atoms with E-state index in [9.17, 15) is 28.0 Å². The summed E-state index contributed by atoms with van der Waals surface area (Å²) in [5.41, 5.74) is 1.47. The third-order valence-electron chi connectivity index (χ3n) is 8.41. The van der Waals surface area contributed by atoms with E-state index in [4.69, 9.17) is 24.1 Å². The van der Waals surface area contributed by atoms with Crippen molar-refractivity contribution >= 4 is 24.1 Å². The Morgan fingerprint density at radius 1 is 0.727 bits per heavy atom. The first kappa shape index (κ1) is 41.5. The van der Waals surface area contributed by atoms with Crippen molar-refractivity contribution in [3.05, 3.63) is 131 Å². The first-order valence-corrected chi connectivity index (χ1v) is 17.4. The summed E-state index contributed by atoms with van der Waals surface area (Å²) in [7, 11) is 2.84. The number of rotatable bonds is 10. The average molecular weight is 763 g/mol. The molecule has 2 saturated heterocycles. The number of ether oxygens (including phenoxy) is 4. The number of carboxylic acids is 1. The monoisotopic (exact) mass is 762 g/mol. The summed E-state index contributed by atoms with van der Waals surface area (Å²) < 4.78 is 46.8. The quantitative estimate of drug-likeness (QED) is 0.156. The normalized spacial score (nSPS) is 15.6. The van der Waals surface area contributed by atoms with Crippen molar-refractivity contribution in [3.8, 4) is 11.5 Å². The van der Waals surface area contributed by atoms with Gasteiger partial charge in [0.25, 0.3) is 5.91 Å². The van der Waals surface area contributed by atoms with Crippen LogP contribution in [0.2, 0.25) is 0 Å². The zero-order valence-electron chi connectivity index (χ0n) is 30.5. The molecular formula is C40H44F2N4O9. The fourth-order valence-corrected chi connectivity index (χ4v) is 5.46. The van der Waals surface area contributed by atoms with E-state index in [0.29, 0.717) is 37.6 Å². The Hall–Kier alpha value is -6.22. The number of likely N-dealkylation sites (tertiary alicyclic amines) is 1. The number of methoxy groups -OCH3 is 2. The maximum atomic E-state index is 14.0. The molecule has 0 aliphatic carbocycles. The van der Waals surface area contributed by atoms with Gasteiger partial charge in [0.15, 0.2) is 0 Å². The molecule has 0 aromatic heterocycles. The van der Waals surface area contributed by atoms with Crippen molar-refractivity contribution < 1.29 is 52.0 Å². The molecule has 6 rings (SSSR count). The minimum Gasteiger partial charge on any atom is -0.497 e. The SMILES string of the molecule is COc1ccc(F)c(C(=O)N2CC[C@@H](NC(=O)OCc3ccccc3)C2)c1.COc1ccc(F)c(C(=O)O)c1.O=C(N[C@@H]1CCNC1)OCc1ccccc1. The van der Waals surface area contributed by atoms with Crippen LogP contribution in [0.3, 0.4) is 0 Å². The van der Waals surface area contributed by atoms with Crippen molar-refractivity contribution in [2.24, 2.45) is 0 Å². The maximum Gasteiger partial charge on any atom is 0.407 e. The number of carboxylic acid groups (broad SMARTS) is 1. The molecule has 15 heteroatoms. The highest BCUT2D eigenvalue weighted by Gasteiger charge is 2.30. The number of halogens is 2. The van der Waals surface area contributed by atoms with E-state index in [-0.39, 0.29) is 35.9 Å². The van der Waals surface area contributed by atoms with Crippen LogP contribution in [0.5, 0.6) is 11.5 Å². The fourth-order valence-electron chi connectivity index (χ4n) is 5.46. The van der Waals surface area contributed by atoms with Gasteiger partial charge < -0.3 is 44.9 Å². The summed E-state index contributed by atoms with van der Waals surface area (Å²) >= 11 is 0. The lowest BCUT2D eigenvalue weighted by Crippen LogP contribution is -2.38. The molecule has 2 heterocycles. The van der Waals surface area contributed by atoms with Gasteiger partial charge in [0.1, 0.15) is 36.3 Å². The standard InChI is InChI=1S/C20H21FN2O4.C12H16N2O2.C8H7FO3/c1-26-16-7-8-18(21)17(11-16)19(24)23-10-9-15(12-23)22-20(25)27-13-14-5-3-2-4-6-14;15-12(14-11-6-7-13-8-11)16-9-10-4-2-1-3-5-10;1-12-5-2-3-7(9)6(4-5)8(10)11/h2-8,11,15H,9-10,12-13H2,1H3,(H,22,25);1-5,11,13H,6-9H2,(H,14,15);2-4H,1H3,(H,10,11)/t15-;11-;/m11./s1. The van der Waals surface area contributed by atoms with E-state index < -0.39 is 29.6 Å². The van der Waals surface area contributed by atoms with Gasteiger partial charge in [0.05, 0.1) is 31.4 Å². The van der Waals surface area contributed by atoms with Crippen molar-refractivity contribution in [1.29, 1.82) is 0 Å². The lowest BCUT2D eigenvalue weighted by Gasteiger charge is -2.18. The minimum atomic E-state index is -1.30. The average Bonchev–Trinajstić information content (AvgIpc) is 3.90. The molecule has 2 aliphatic heterocycles. The van der Waals surface area contributed by atoms with Crippen LogP contribution in [0.25, 0.3) is 0 Å². The highest BCUT2D eigenvalue weighted by molar-refractivity contribution is 5.95. The number of alkyl carbamates (subject to hydrolysis) is 2. The van der Waals surface area contributed by atoms with Gasteiger partial charge in [0, 0.05) is 25.7 Å². The first-order chi connectivity index (χ1) is 26.6. The Morgan fingerprint density at radius 2 is 1.24 bits per heavy atom. The number of hydrogen-bond donors (Lipinski definition) is 4. The highest BCUT2D eigenvalue weighted by atomic mass is 19.1. The number of nitrogens with zero attached hydrogens (tertiary/aromatic N) is 1. The Labute approximate surface area is 317 Å². The van der Waals surface area contributed by atoms with Gasteiger partial charge in [-0.25, -0.2) is 23.2 Å². The topological polar surface area (TPSA) is 165 Å². The summed E-state index contributed by atoms with van der Waals surface area (Å²) in [6, 6.07) is 26.6. The number of carbonyl (C=O) groups excluding carboxylic acids is 3. The molecule has 2 atom stereocenters. The fraction of sp³-hybridized carbons (Fsp3) is 0.300. The van der Waals surface area contributed by atoms with Crippen LogP contribution < -0.4 is 25.4 Å². The molecule has 0 spiro atoms. The summed E-state index contributed by atoms with van der Waals surface area (Å²) in [5.74, 6) is -2.34. The number of aromatic carboxylic acids is 1. The second-order valence-corrected chi connectivity index (χ2v) is 12.3. The van der Waals surface area contributed by atoms with Crippen molar-refractivity contribution in [3.63, 3.8) is 0 Å². The van der Waals surface area contributed by atoms with Gasteiger partial charge in [-0.3, -0.25) is 4.79 Å². The zero-order valence-corrected chi connectivity index (χ0v) is 30.5. The third kappa shape index (κ3) is 13.6. The predicted molar refractivity (Wildman–Crippen MR) is 198 cm³/mol. The molecule has 13 nitrogen and oxygen atoms in total. The van der Waals surface area contributed by atoms with E-state index in [0.717, 1.165) is 42.8 Å².